The van der Waals surface area contributed by atoms with Gasteiger partial charge in [0.15, 0.2) is 40.7 Å². The zero-order valence-corrected chi connectivity index (χ0v) is 18.4. The third kappa shape index (κ3) is 2.73. The van der Waals surface area contributed by atoms with Crippen LogP contribution >= 0.6 is 22.6 Å². The molecule has 0 saturated heterocycles. The van der Waals surface area contributed by atoms with Crippen molar-refractivity contribution in [2.45, 2.75) is 0 Å². The fraction of sp³-hybridized carbons (Fsp3) is 0. The number of halogens is 14. The lowest BCUT2D eigenvalue weighted by atomic mass is 9.93. The number of benzene rings is 5. The molecule has 36 heavy (non-hydrogen) atoms. The molecule has 0 radical (unpaired) electrons. The maximum atomic E-state index is 15.4. The summed E-state index contributed by atoms with van der Waals surface area (Å²) >= 11 is 0.856. The van der Waals surface area contributed by atoms with Crippen LogP contribution in [-0.2, 0) is 0 Å². The van der Waals surface area contributed by atoms with E-state index in [1.165, 1.54) is 0 Å². The standard InChI is InChI=1S/C22F13I/c23-9-1-2(12(26)6-5(11(1)25)15(29)19(33)20(34)16(6)30)10(24)4-3(9)13(27)7-8(14(4)28)18(32)22(36)21(35)17(7)31. The highest BCUT2D eigenvalue weighted by molar-refractivity contribution is 14.1. The zero-order chi connectivity index (χ0) is 26.7. The highest BCUT2D eigenvalue weighted by Gasteiger charge is 2.35. The summed E-state index contributed by atoms with van der Waals surface area (Å²) in [4.78, 5) is 0. The maximum Gasteiger partial charge on any atom is 0.198 e. The number of rotatable bonds is 0. The van der Waals surface area contributed by atoms with Crippen molar-refractivity contribution in [2.75, 3.05) is 0 Å². The van der Waals surface area contributed by atoms with E-state index >= 15 is 26.3 Å². The minimum Gasteiger partial charge on any atom is -0.205 e. The van der Waals surface area contributed by atoms with Gasteiger partial charge in [-0.25, -0.2) is 57.1 Å². The summed E-state index contributed by atoms with van der Waals surface area (Å²) in [5, 5.41) is -15.6. The quantitative estimate of drug-likeness (QED) is 0.0524. The lowest BCUT2D eigenvalue weighted by molar-refractivity contribution is 0.415. The Morgan fingerprint density at radius 3 is 0.694 bits per heavy atom. The normalized spacial score (nSPS) is 12.2. The van der Waals surface area contributed by atoms with Crippen molar-refractivity contribution < 1.29 is 57.1 Å². The van der Waals surface area contributed by atoms with E-state index in [0.29, 0.717) is 0 Å². The molecule has 14 heteroatoms. The molecule has 0 saturated carbocycles. The smallest absolute Gasteiger partial charge is 0.198 e. The molecular weight excluding hydrogens is 638 g/mol. The zero-order valence-electron chi connectivity index (χ0n) is 16.3. The molecule has 0 atom stereocenters. The molecule has 0 aliphatic carbocycles. The molecule has 0 aliphatic heterocycles. The van der Waals surface area contributed by atoms with Gasteiger partial charge in [0, 0.05) is 0 Å². The average molecular weight is 638 g/mol. The highest BCUT2D eigenvalue weighted by Crippen LogP contribution is 2.45. The summed E-state index contributed by atoms with van der Waals surface area (Å²) in [6.07, 6.45) is 0. The Bertz CT molecular complexity index is 1610. The fourth-order valence-corrected chi connectivity index (χ4v) is 4.61. The molecule has 5 aromatic rings. The molecule has 5 aromatic carbocycles. The van der Waals surface area contributed by atoms with E-state index in [4.69, 9.17) is 0 Å². The van der Waals surface area contributed by atoms with Crippen LogP contribution < -0.4 is 0 Å². The van der Waals surface area contributed by atoms with Crippen LogP contribution in [0.1, 0.15) is 0 Å². The molecule has 0 N–H and O–H groups in total. The lowest BCUT2D eigenvalue weighted by Crippen LogP contribution is -2.08. The molecule has 0 bridgehead atoms. The Labute approximate surface area is 202 Å². The summed E-state index contributed by atoms with van der Waals surface area (Å²) in [6.45, 7) is 0. The second kappa shape index (κ2) is 7.73. The van der Waals surface area contributed by atoms with Crippen LogP contribution in [0.3, 0.4) is 0 Å². The molecule has 0 spiro atoms. The Morgan fingerprint density at radius 1 is 0.222 bits per heavy atom. The first-order chi connectivity index (χ1) is 16.7. The van der Waals surface area contributed by atoms with E-state index in [1.807, 2.05) is 0 Å². The molecule has 0 heterocycles. The van der Waals surface area contributed by atoms with Gasteiger partial charge in [0.2, 0.25) is 0 Å². The lowest BCUT2D eigenvalue weighted by Gasteiger charge is -2.16. The Kier molecular flexibility index (Phi) is 5.29. The van der Waals surface area contributed by atoms with E-state index in [2.05, 4.69) is 0 Å². The van der Waals surface area contributed by atoms with E-state index in [1.54, 1.807) is 0 Å². The minimum atomic E-state index is -2.66. The van der Waals surface area contributed by atoms with Crippen molar-refractivity contribution in [1.82, 2.24) is 0 Å². The van der Waals surface area contributed by atoms with Gasteiger partial charge in [0.05, 0.1) is 46.7 Å². The predicted molar refractivity (Wildman–Crippen MR) is 109 cm³/mol. The molecule has 0 aliphatic rings. The van der Waals surface area contributed by atoms with Crippen LogP contribution in [0.4, 0.5) is 57.1 Å². The number of hydrogen-bond donors (Lipinski definition) is 0. The summed E-state index contributed by atoms with van der Waals surface area (Å²) in [6, 6.07) is 0. The van der Waals surface area contributed by atoms with E-state index in [-0.39, 0.29) is 0 Å². The van der Waals surface area contributed by atoms with Crippen molar-refractivity contribution in [3.63, 3.8) is 0 Å². The second-order valence-corrected chi connectivity index (χ2v) is 8.47. The van der Waals surface area contributed by atoms with Crippen molar-refractivity contribution in [1.29, 1.82) is 0 Å². The molecule has 5 rings (SSSR count). The number of fused-ring (bicyclic) bond motifs is 4. The molecule has 0 fully saturated rings. The van der Waals surface area contributed by atoms with Gasteiger partial charge in [-0.15, -0.1) is 0 Å². The first kappa shape index (κ1) is 24.6. The third-order valence-corrected chi connectivity index (χ3v) is 6.62. The van der Waals surface area contributed by atoms with Crippen LogP contribution in [0.2, 0.25) is 0 Å². The second-order valence-electron chi connectivity index (χ2n) is 7.40. The van der Waals surface area contributed by atoms with Crippen LogP contribution in [0, 0.1) is 79.2 Å². The van der Waals surface area contributed by atoms with Gasteiger partial charge < -0.3 is 0 Å². The molecule has 0 unspecified atom stereocenters. The van der Waals surface area contributed by atoms with E-state index < -0.39 is 122 Å². The van der Waals surface area contributed by atoms with Crippen molar-refractivity contribution in [2.24, 2.45) is 0 Å². The maximum absolute atomic E-state index is 15.4. The van der Waals surface area contributed by atoms with Gasteiger partial charge >= 0.3 is 0 Å². The van der Waals surface area contributed by atoms with Crippen molar-refractivity contribution in [3.8, 4) is 0 Å². The summed E-state index contributed by atoms with van der Waals surface area (Å²) in [7, 11) is 0. The van der Waals surface area contributed by atoms with Gasteiger partial charge in [-0.3, -0.25) is 0 Å². The fourth-order valence-electron chi connectivity index (χ4n) is 4.10. The van der Waals surface area contributed by atoms with E-state index in [0.717, 1.165) is 22.6 Å². The predicted octanol–water partition coefficient (Wildman–Crippen LogP) is 8.71. The number of hydrogen-bond acceptors (Lipinski definition) is 0. The van der Waals surface area contributed by atoms with E-state index in [9.17, 15) is 30.7 Å². The largest absolute Gasteiger partial charge is 0.205 e. The summed E-state index contributed by atoms with van der Waals surface area (Å²) in [5.74, 6) is -31.1. The van der Waals surface area contributed by atoms with Crippen LogP contribution in [0.15, 0.2) is 0 Å². The van der Waals surface area contributed by atoms with Gasteiger partial charge in [0.25, 0.3) is 0 Å². The van der Waals surface area contributed by atoms with Crippen LogP contribution in [0.25, 0.3) is 43.1 Å². The summed E-state index contributed by atoms with van der Waals surface area (Å²) in [5.41, 5.74) is 0. The van der Waals surface area contributed by atoms with Crippen LogP contribution in [-0.4, -0.2) is 0 Å². The van der Waals surface area contributed by atoms with Gasteiger partial charge in [-0.05, 0) is 22.6 Å². The molecule has 0 nitrogen and oxygen atoms in total. The first-order valence-electron chi connectivity index (χ1n) is 9.15. The molecule has 186 valence electrons. The highest BCUT2D eigenvalue weighted by atomic mass is 127. The Morgan fingerprint density at radius 2 is 0.417 bits per heavy atom. The Balaban J connectivity index is 2.22. The Hall–Kier alpha value is -3.04. The first-order valence-corrected chi connectivity index (χ1v) is 10.2. The monoisotopic (exact) mass is 638 g/mol. The topological polar surface area (TPSA) is 0 Å². The average Bonchev–Trinajstić information content (AvgIpc) is 2.83. The minimum absolute atomic E-state index is 0.856. The summed E-state index contributed by atoms with van der Waals surface area (Å²) < 4.78 is 189. The molecule has 0 amide bonds. The van der Waals surface area contributed by atoms with Crippen LogP contribution in [0.5, 0.6) is 0 Å². The van der Waals surface area contributed by atoms with Gasteiger partial charge in [0.1, 0.15) is 34.9 Å². The molecular formula is C22F13I. The van der Waals surface area contributed by atoms with Crippen molar-refractivity contribution >= 4 is 65.7 Å². The van der Waals surface area contributed by atoms with Crippen molar-refractivity contribution in [3.05, 3.63) is 79.2 Å². The molecule has 0 aromatic heterocycles. The van der Waals surface area contributed by atoms with Gasteiger partial charge in [-0.2, -0.15) is 0 Å². The van der Waals surface area contributed by atoms with Gasteiger partial charge in [-0.1, -0.05) is 0 Å². The third-order valence-electron chi connectivity index (χ3n) is 5.67. The SMILES string of the molecule is Fc1c(F)c(F)c2c(F)c3c(F)c4c(F)c5c(F)c(I)c(F)c(F)c5c(F)c4c(F)c3c(F)c2c1F.